The molecule has 560 valence electrons. The lowest BCUT2D eigenvalue weighted by Gasteiger charge is -2.21. The third kappa shape index (κ3) is 68.5. The van der Waals surface area contributed by atoms with Crippen molar-refractivity contribution in [2.24, 2.45) is 11.8 Å². The molecule has 0 saturated heterocycles. The number of esters is 4. The molecule has 0 amide bonds. The van der Waals surface area contributed by atoms with Gasteiger partial charge in [0.05, 0.1) is 26.4 Å². The van der Waals surface area contributed by atoms with Crippen molar-refractivity contribution in [1.82, 2.24) is 0 Å². The summed E-state index contributed by atoms with van der Waals surface area (Å²) < 4.78 is 68.5. The monoisotopic (exact) mass is 1390 g/mol. The van der Waals surface area contributed by atoms with E-state index in [1.54, 1.807) is 0 Å². The third-order valence-electron chi connectivity index (χ3n) is 17.4. The van der Waals surface area contributed by atoms with Crippen LogP contribution in [-0.2, 0) is 65.4 Å². The van der Waals surface area contributed by atoms with Crippen LogP contribution in [0.4, 0.5) is 0 Å². The van der Waals surface area contributed by atoms with Gasteiger partial charge in [-0.3, -0.25) is 37.3 Å². The summed E-state index contributed by atoms with van der Waals surface area (Å²) in [5.41, 5.74) is 0. The summed E-state index contributed by atoms with van der Waals surface area (Å²) in [5.74, 6) is -0.637. The number of carbonyl (C=O) groups excluding carboxylic acids is 4. The van der Waals surface area contributed by atoms with E-state index in [9.17, 15) is 43.2 Å². The molecule has 95 heavy (non-hydrogen) atoms. The van der Waals surface area contributed by atoms with E-state index in [2.05, 4.69) is 65.8 Å². The van der Waals surface area contributed by atoms with Crippen LogP contribution in [0.3, 0.4) is 0 Å². The molecule has 0 bridgehead atoms. The van der Waals surface area contributed by atoms with Gasteiger partial charge in [0.15, 0.2) is 12.2 Å². The standard InChI is InChI=1S/C76H144O17P2/c1-7-10-12-14-16-18-20-22-24-26-32-36-40-48-54-60-75(80)92-71(64-86-73(78)58-52-46-39-35-31-29-28-30-34-38-44-50-56-68(4)5)66-90-94(82,83)88-62-70(77)63-89-95(84,85)91-67-72(65-87-74(79)59-53-47-43-42-45-51-57-69(6)9-3)93-76(81)61-55-49-41-37-33-27-25-23-21-19-17-15-13-11-8-2/h18,20,22,24,68-72,77H,7-17,19,21,23,25-67H2,1-6H3,(H,82,83)(H,84,85)/b20-18-,24-22-/t69?,70-,71-,72-/m1/s1. The minimum atomic E-state index is -4.97. The van der Waals surface area contributed by atoms with E-state index in [0.717, 1.165) is 121 Å². The largest absolute Gasteiger partial charge is 0.472 e. The molecule has 17 nitrogen and oxygen atoms in total. The number of unbranched alkanes of at least 4 members (excludes halogenated alkanes) is 39. The minimum Gasteiger partial charge on any atom is -0.462 e. The Balaban J connectivity index is 5.29. The Morgan fingerprint density at radius 3 is 0.947 bits per heavy atom. The normalized spacial score (nSPS) is 14.5. The van der Waals surface area contributed by atoms with Crippen molar-refractivity contribution < 1.29 is 80.2 Å². The van der Waals surface area contributed by atoms with Gasteiger partial charge in [0.1, 0.15) is 19.3 Å². The summed E-state index contributed by atoms with van der Waals surface area (Å²) in [5, 5.41) is 10.6. The van der Waals surface area contributed by atoms with Gasteiger partial charge >= 0.3 is 39.5 Å². The second-order valence-corrected chi connectivity index (χ2v) is 30.3. The molecule has 0 aromatic rings. The summed E-state index contributed by atoms with van der Waals surface area (Å²) in [6, 6.07) is 0. The molecule has 3 N–H and O–H groups in total. The summed E-state index contributed by atoms with van der Waals surface area (Å²) in [6.45, 7) is 9.50. The topological polar surface area (TPSA) is 237 Å². The van der Waals surface area contributed by atoms with Crippen LogP contribution in [0.5, 0.6) is 0 Å². The fourth-order valence-electron chi connectivity index (χ4n) is 11.1. The molecule has 0 fully saturated rings. The first-order valence-corrected chi connectivity index (χ1v) is 41.8. The number of phosphoric acid groups is 2. The average molecular weight is 1390 g/mol. The minimum absolute atomic E-state index is 0.0850. The van der Waals surface area contributed by atoms with Gasteiger partial charge in [-0.2, -0.15) is 0 Å². The molecule has 6 atom stereocenters. The van der Waals surface area contributed by atoms with Gasteiger partial charge in [-0.15, -0.1) is 0 Å². The van der Waals surface area contributed by atoms with Crippen LogP contribution in [-0.4, -0.2) is 96.7 Å². The first-order chi connectivity index (χ1) is 45.9. The van der Waals surface area contributed by atoms with Gasteiger partial charge in [-0.25, -0.2) is 9.13 Å². The quantitative estimate of drug-likeness (QED) is 0.0169. The number of hydrogen-bond acceptors (Lipinski definition) is 15. The maximum absolute atomic E-state index is 13.1. The molecular formula is C76H144O17P2. The maximum atomic E-state index is 13.1. The van der Waals surface area contributed by atoms with Gasteiger partial charge < -0.3 is 33.8 Å². The predicted molar refractivity (Wildman–Crippen MR) is 386 cm³/mol. The molecule has 0 aliphatic rings. The van der Waals surface area contributed by atoms with Gasteiger partial charge in [-0.05, 0) is 63.2 Å². The van der Waals surface area contributed by atoms with Crippen molar-refractivity contribution >= 4 is 39.5 Å². The van der Waals surface area contributed by atoms with Crippen molar-refractivity contribution in [3.05, 3.63) is 24.3 Å². The summed E-state index contributed by atoms with van der Waals surface area (Å²) in [6.07, 6.45) is 57.6. The van der Waals surface area contributed by atoms with Gasteiger partial charge in [-0.1, -0.05) is 316 Å². The van der Waals surface area contributed by atoms with Crippen LogP contribution in [0.25, 0.3) is 0 Å². The Hall–Kier alpha value is -2.46. The Morgan fingerprint density at radius 1 is 0.347 bits per heavy atom. The van der Waals surface area contributed by atoms with E-state index in [0.29, 0.717) is 25.7 Å². The number of rotatable bonds is 73. The maximum Gasteiger partial charge on any atom is 0.472 e. The molecule has 0 spiro atoms. The van der Waals surface area contributed by atoms with E-state index in [1.165, 1.54) is 167 Å². The predicted octanol–water partition coefficient (Wildman–Crippen LogP) is 21.9. The number of allylic oxidation sites excluding steroid dienone is 4. The zero-order chi connectivity index (χ0) is 70.0. The van der Waals surface area contributed by atoms with E-state index >= 15 is 0 Å². The highest BCUT2D eigenvalue weighted by Gasteiger charge is 2.30. The fraction of sp³-hybridized carbons (Fsp3) is 0.895. The van der Waals surface area contributed by atoms with Gasteiger partial charge in [0, 0.05) is 25.7 Å². The molecule has 0 saturated carbocycles. The first-order valence-electron chi connectivity index (χ1n) is 38.8. The first kappa shape index (κ1) is 92.5. The molecule has 0 radical (unpaired) electrons. The molecule has 0 aromatic carbocycles. The Bertz CT molecular complexity index is 1930. The highest BCUT2D eigenvalue weighted by atomic mass is 31.2. The number of phosphoric ester groups is 2. The molecule has 0 aliphatic carbocycles. The lowest BCUT2D eigenvalue weighted by Crippen LogP contribution is -2.30. The van der Waals surface area contributed by atoms with E-state index in [-0.39, 0.29) is 25.7 Å². The second kappa shape index (κ2) is 67.4. The van der Waals surface area contributed by atoms with Crippen molar-refractivity contribution in [2.45, 2.75) is 387 Å². The molecule has 19 heteroatoms. The molecule has 0 rings (SSSR count). The van der Waals surface area contributed by atoms with Crippen molar-refractivity contribution in [3.63, 3.8) is 0 Å². The van der Waals surface area contributed by atoms with Crippen molar-refractivity contribution in [1.29, 1.82) is 0 Å². The smallest absolute Gasteiger partial charge is 0.462 e. The van der Waals surface area contributed by atoms with E-state index in [1.807, 2.05) is 0 Å². The summed E-state index contributed by atoms with van der Waals surface area (Å²) in [7, 11) is -9.92. The Morgan fingerprint density at radius 2 is 0.621 bits per heavy atom. The van der Waals surface area contributed by atoms with Crippen LogP contribution in [0.15, 0.2) is 24.3 Å². The molecular weight excluding hydrogens is 1250 g/mol. The lowest BCUT2D eigenvalue weighted by molar-refractivity contribution is -0.161. The fourth-order valence-corrected chi connectivity index (χ4v) is 12.7. The van der Waals surface area contributed by atoms with Gasteiger partial charge in [0.25, 0.3) is 0 Å². The van der Waals surface area contributed by atoms with Crippen LogP contribution in [0.2, 0.25) is 0 Å². The van der Waals surface area contributed by atoms with Crippen LogP contribution < -0.4 is 0 Å². The number of aliphatic hydroxyl groups is 1. The number of carbonyl (C=O) groups is 4. The van der Waals surface area contributed by atoms with Crippen LogP contribution in [0.1, 0.15) is 369 Å². The second-order valence-electron chi connectivity index (χ2n) is 27.4. The SMILES string of the molecule is CCCCCC/C=C\C=C/CCCCCCCC(=O)O[C@H](COC(=O)CCCCCCCCCCCCCCC(C)C)COP(=O)(O)OC[C@@H](O)COP(=O)(O)OC[C@@H](COC(=O)CCCCCCCCC(C)CC)OC(=O)CCCCCCCCCCCCCCCCC. The summed E-state index contributed by atoms with van der Waals surface area (Å²) >= 11 is 0. The third-order valence-corrected chi connectivity index (χ3v) is 19.3. The average Bonchev–Trinajstić information content (AvgIpc) is 2.54. The van der Waals surface area contributed by atoms with E-state index in [4.69, 9.17) is 37.0 Å². The van der Waals surface area contributed by atoms with Crippen LogP contribution in [0, 0.1) is 11.8 Å². The Labute approximate surface area is 580 Å². The number of ether oxygens (including phenoxy) is 4. The molecule has 3 unspecified atom stereocenters. The lowest BCUT2D eigenvalue weighted by atomic mass is 10.00. The summed E-state index contributed by atoms with van der Waals surface area (Å²) in [4.78, 5) is 72.8. The molecule has 0 aliphatic heterocycles. The highest BCUT2D eigenvalue weighted by Crippen LogP contribution is 2.45. The molecule has 0 aromatic heterocycles. The van der Waals surface area contributed by atoms with Crippen molar-refractivity contribution in [3.8, 4) is 0 Å². The molecule has 0 heterocycles. The van der Waals surface area contributed by atoms with Crippen molar-refractivity contribution in [2.75, 3.05) is 39.6 Å². The zero-order valence-electron chi connectivity index (χ0n) is 61.5. The number of aliphatic hydroxyl groups excluding tert-OH is 1. The highest BCUT2D eigenvalue weighted by molar-refractivity contribution is 7.47. The Kier molecular flexibility index (Phi) is 65.6. The van der Waals surface area contributed by atoms with Crippen LogP contribution >= 0.6 is 15.6 Å². The van der Waals surface area contributed by atoms with Gasteiger partial charge in [0.2, 0.25) is 0 Å². The van der Waals surface area contributed by atoms with E-state index < -0.39 is 97.5 Å². The number of hydrogen-bond donors (Lipinski definition) is 3. The zero-order valence-corrected chi connectivity index (χ0v) is 63.2.